The van der Waals surface area contributed by atoms with Crippen molar-refractivity contribution in [2.75, 3.05) is 12.3 Å². The van der Waals surface area contributed by atoms with E-state index in [1.165, 1.54) is 52.3 Å². The lowest BCUT2D eigenvalue weighted by Crippen LogP contribution is -3.00. The largest absolute Gasteiger partial charge is 1.00 e. The number of non-ortho nitro benzene ring substituents is 1. The van der Waals surface area contributed by atoms with Crippen LogP contribution in [0.2, 0.25) is 0 Å². The number of halogens is 1. The predicted octanol–water partition coefficient (Wildman–Crippen LogP) is -0.837. The number of carboxylic acids is 1. The molecule has 0 saturated carbocycles. The van der Waals surface area contributed by atoms with Crippen molar-refractivity contribution in [1.29, 1.82) is 0 Å². The van der Waals surface area contributed by atoms with Crippen LogP contribution in [-0.2, 0) is 28.0 Å². The first-order valence-corrected chi connectivity index (χ1v) is 14.1. The van der Waals surface area contributed by atoms with E-state index in [1.807, 2.05) is 28.5 Å². The van der Waals surface area contributed by atoms with Crippen molar-refractivity contribution in [3.05, 3.63) is 63.0 Å². The van der Waals surface area contributed by atoms with Crippen LogP contribution in [0.4, 0.5) is 10.5 Å². The molecule has 2 aromatic heterocycles. The van der Waals surface area contributed by atoms with E-state index in [1.54, 1.807) is 6.92 Å². The van der Waals surface area contributed by atoms with Gasteiger partial charge >= 0.3 is 12.1 Å². The maximum Gasteiger partial charge on any atom is 0.407 e. The van der Waals surface area contributed by atoms with Crippen LogP contribution < -0.4 is 33.7 Å². The summed E-state index contributed by atoms with van der Waals surface area (Å²) >= 11 is 2.94. The summed E-state index contributed by atoms with van der Waals surface area (Å²) in [5.74, 6) is -1.59. The molecule has 16 heteroatoms. The van der Waals surface area contributed by atoms with Gasteiger partial charge in [0.1, 0.15) is 18.5 Å². The number of amides is 2. The van der Waals surface area contributed by atoms with Gasteiger partial charge in [-0.25, -0.2) is 14.2 Å². The Morgan fingerprint density at radius 3 is 2.68 bits per heavy atom. The number of nitrogens with zero attached hydrogens (tertiary/aromatic N) is 4. The Kier molecular flexibility index (Phi) is 9.25. The summed E-state index contributed by atoms with van der Waals surface area (Å²) in [7, 11) is 1.89. The monoisotopic (exact) mass is 715 g/mol. The number of thiazole rings is 1. The minimum Gasteiger partial charge on any atom is -1.00 e. The number of thioether (sulfide) groups is 1. The van der Waals surface area contributed by atoms with E-state index in [2.05, 4.69) is 5.32 Å². The standard InChI is InChI=1S/C25H25N5O8S2.HI/c1-13(31)19-17-9-16(20(24(33)34)29(17)21(19)32)18-10-28-12-27(2)22(23(28)40-18)39-8-7-26-25(35)38-11-14-3-5-15(6-4-14)30(36)37;/h3-6,10,12-13,17,19,31H,7-9,11H2,1-2H3,(H-,26,33,34,35);1H/t13-,17-,19-;/m1./s1. The highest BCUT2D eigenvalue weighted by atomic mass is 127. The summed E-state index contributed by atoms with van der Waals surface area (Å²) in [5.41, 5.74) is 1.15. The number of aromatic nitrogens is 2. The highest BCUT2D eigenvalue weighted by Gasteiger charge is 2.57. The SMILES string of the molecule is C[C@@H](O)[C@H]1C(=O)N2C(C(=O)O)=C(c3c[n+]4cn(C)c(SCCNC(=O)OCc5ccc([N+](=O)[O-])cc5)c4s3)C[C@H]12.[I-]. The van der Waals surface area contributed by atoms with E-state index in [9.17, 15) is 34.7 Å². The number of aliphatic hydroxyl groups excluding tert-OH is 1. The van der Waals surface area contributed by atoms with E-state index < -0.39 is 29.0 Å². The second kappa shape index (κ2) is 12.3. The van der Waals surface area contributed by atoms with Crippen LogP contribution in [0, 0.1) is 16.0 Å². The van der Waals surface area contributed by atoms with Gasteiger partial charge in [-0.3, -0.25) is 14.9 Å². The average Bonchev–Trinajstić information content (AvgIpc) is 3.54. The molecule has 0 unspecified atom stereocenters. The van der Waals surface area contributed by atoms with Gasteiger partial charge < -0.3 is 49.1 Å². The molecule has 41 heavy (non-hydrogen) atoms. The van der Waals surface area contributed by atoms with Crippen molar-refractivity contribution in [2.45, 2.75) is 37.1 Å². The number of aliphatic hydroxyl groups is 1. The number of nitro benzene ring substituents is 1. The molecular formula is C25H26IN5O8S2. The minimum absolute atomic E-state index is 0. The number of carboxylic acid groups (broad SMARTS) is 1. The number of imidazole rings is 1. The number of carbonyl (C=O) groups excluding carboxylic acids is 2. The second-order valence-corrected chi connectivity index (χ2v) is 11.6. The number of rotatable bonds is 10. The molecule has 13 nitrogen and oxygen atoms in total. The molecule has 4 heterocycles. The number of hydrogen-bond acceptors (Lipinski definition) is 9. The van der Waals surface area contributed by atoms with Gasteiger partial charge in [0.25, 0.3) is 5.69 Å². The molecule has 5 rings (SSSR count). The van der Waals surface area contributed by atoms with Crippen molar-refractivity contribution in [1.82, 2.24) is 14.8 Å². The normalized spacial score (nSPS) is 18.5. The third-order valence-corrected chi connectivity index (χ3v) is 9.32. The molecule has 2 aliphatic rings. The first-order chi connectivity index (χ1) is 19.1. The molecule has 1 fully saturated rings. The number of carbonyl (C=O) groups is 3. The highest BCUT2D eigenvalue weighted by molar-refractivity contribution is 7.99. The summed E-state index contributed by atoms with van der Waals surface area (Å²) in [6, 6.07) is 5.40. The molecule has 0 aliphatic carbocycles. The Labute approximate surface area is 259 Å². The first-order valence-electron chi connectivity index (χ1n) is 12.3. The summed E-state index contributed by atoms with van der Waals surface area (Å²) in [4.78, 5) is 49.8. The molecule has 2 aliphatic heterocycles. The van der Waals surface area contributed by atoms with Crippen LogP contribution in [0.25, 0.3) is 10.4 Å². The third kappa shape index (κ3) is 5.91. The average molecular weight is 716 g/mol. The summed E-state index contributed by atoms with van der Waals surface area (Å²) < 4.78 is 9.01. The fraction of sp³-hybridized carbons (Fsp3) is 0.360. The first kappa shape index (κ1) is 30.7. The maximum atomic E-state index is 12.5. The smallest absolute Gasteiger partial charge is 0.407 e. The van der Waals surface area contributed by atoms with E-state index in [4.69, 9.17) is 4.74 Å². The molecule has 0 bridgehead atoms. The number of aliphatic carboxylic acids is 1. The number of benzene rings is 1. The zero-order valence-electron chi connectivity index (χ0n) is 21.9. The molecule has 3 atom stereocenters. The molecule has 1 saturated heterocycles. The van der Waals surface area contributed by atoms with E-state index in [0.717, 1.165) is 14.7 Å². The van der Waals surface area contributed by atoms with Gasteiger partial charge in [-0.2, -0.15) is 4.40 Å². The lowest BCUT2D eigenvalue weighted by atomic mass is 9.83. The molecule has 2 amide bonds. The molecule has 1 aromatic carbocycles. The molecular weight excluding hydrogens is 689 g/mol. The van der Waals surface area contributed by atoms with Crippen LogP contribution in [0.15, 0.2) is 47.5 Å². The van der Waals surface area contributed by atoms with Gasteiger partial charge in [0, 0.05) is 30.0 Å². The van der Waals surface area contributed by atoms with Gasteiger partial charge in [-0.05, 0) is 31.0 Å². The van der Waals surface area contributed by atoms with E-state index in [0.29, 0.717) is 29.9 Å². The van der Waals surface area contributed by atoms with Crippen LogP contribution in [0.1, 0.15) is 23.8 Å². The van der Waals surface area contributed by atoms with E-state index in [-0.39, 0.29) is 53.9 Å². The lowest BCUT2D eigenvalue weighted by Gasteiger charge is -2.44. The fourth-order valence-corrected chi connectivity index (χ4v) is 7.30. The number of nitro groups is 1. The predicted molar refractivity (Wildman–Crippen MR) is 143 cm³/mol. The molecule has 3 aromatic rings. The number of β-lactam (4-membered cyclic amide) rings is 1. The van der Waals surface area contributed by atoms with Crippen LogP contribution in [0.3, 0.4) is 0 Å². The summed E-state index contributed by atoms with van der Waals surface area (Å²) in [6.07, 6.45) is 2.64. The Morgan fingerprint density at radius 1 is 1.34 bits per heavy atom. The van der Waals surface area contributed by atoms with Gasteiger partial charge in [-0.15, -0.1) is 0 Å². The van der Waals surface area contributed by atoms with Gasteiger partial charge in [0.2, 0.25) is 22.1 Å². The topological polar surface area (TPSA) is 168 Å². The van der Waals surface area contributed by atoms with Crippen molar-refractivity contribution in [2.24, 2.45) is 13.0 Å². The van der Waals surface area contributed by atoms with Crippen LogP contribution >= 0.6 is 23.1 Å². The summed E-state index contributed by atoms with van der Waals surface area (Å²) in [5, 5.41) is 34.2. The van der Waals surface area contributed by atoms with Gasteiger partial charge in [0.15, 0.2) is 0 Å². The third-order valence-electron chi connectivity index (χ3n) is 6.85. The van der Waals surface area contributed by atoms with Gasteiger partial charge in [0.05, 0.1) is 34.9 Å². The van der Waals surface area contributed by atoms with Crippen molar-refractivity contribution in [3.63, 3.8) is 0 Å². The minimum atomic E-state index is -1.17. The zero-order chi connectivity index (χ0) is 28.7. The Bertz CT molecular complexity index is 1550. The summed E-state index contributed by atoms with van der Waals surface area (Å²) in [6.45, 7) is 1.86. The van der Waals surface area contributed by atoms with Crippen molar-refractivity contribution < 1.29 is 62.6 Å². The van der Waals surface area contributed by atoms with Crippen LogP contribution in [-0.4, -0.2) is 67.0 Å². The number of ether oxygens (including phenoxy) is 1. The Balaban J connectivity index is 0.00000387. The number of aryl methyl sites for hydroxylation is 1. The van der Waals surface area contributed by atoms with Crippen molar-refractivity contribution >= 4 is 57.2 Å². The molecule has 0 radical (unpaired) electrons. The zero-order valence-corrected chi connectivity index (χ0v) is 25.6. The number of nitrogens with one attached hydrogen (secondary N) is 1. The van der Waals surface area contributed by atoms with Gasteiger partial charge in [-0.1, -0.05) is 23.1 Å². The Morgan fingerprint density at radius 2 is 2.05 bits per heavy atom. The second-order valence-electron chi connectivity index (χ2n) is 9.49. The number of hydrogen-bond donors (Lipinski definition) is 3. The number of alkyl carbamates (subject to hydrolysis) is 1. The van der Waals surface area contributed by atoms with Crippen LogP contribution in [0.5, 0.6) is 0 Å². The highest BCUT2D eigenvalue weighted by Crippen LogP contribution is 2.48. The molecule has 218 valence electrons. The lowest BCUT2D eigenvalue weighted by molar-refractivity contribution is -0.508. The van der Waals surface area contributed by atoms with E-state index >= 15 is 0 Å². The Hall–Kier alpha value is -3.22. The quantitative estimate of drug-likeness (QED) is 0.0462. The molecule has 0 spiro atoms. The molecule has 3 N–H and O–H groups in total. The fourth-order valence-electron chi connectivity index (χ4n) is 5.01. The number of fused-ring (bicyclic) bond motifs is 2. The maximum absolute atomic E-state index is 12.5. The van der Waals surface area contributed by atoms with Crippen molar-refractivity contribution in [3.8, 4) is 0 Å².